The molecule has 2 heterocycles. The summed E-state index contributed by atoms with van der Waals surface area (Å²) in [7, 11) is 0. The molecule has 7 nitrogen and oxygen atoms in total. The van der Waals surface area contributed by atoms with E-state index in [1.54, 1.807) is 17.3 Å². The number of aromatic nitrogens is 2. The van der Waals surface area contributed by atoms with Crippen molar-refractivity contribution in [2.24, 2.45) is 0 Å². The van der Waals surface area contributed by atoms with Crippen LogP contribution in [0.15, 0.2) is 48.8 Å². The molecular formula is C20H20N4O3. The van der Waals surface area contributed by atoms with Gasteiger partial charge in [0.1, 0.15) is 0 Å². The molecule has 138 valence electrons. The van der Waals surface area contributed by atoms with Crippen LogP contribution in [0.4, 0.5) is 4.79 Å². The van der Waals surface area contributed by atoms with E-state index < -0.39 is 0 Å². The molecule has 3 aromatic rings. The monoisotopic (exact) mass is 364 g/mol. The number of rotatable bonds is 5. The van der Waals surface area contributed by atoms with E-state index in [1.807, 2.05) is 36.4 Å². The van der Waals surface area contributed by atoms with Crippen LogP contribution < -0.4 is 5.32 Å². The summed E-state index contributed by atoms with van der Waals surface area (Å²) < 4.78 is 4.99. The number of hydrogen-bond donors (Lipinski definition) is 2. The van der Waals surface area contributed by atoms with E-state index >= 15 is 0 Å². The number of nitrogens with zero attached hydrogens (tertiary/aromatic N) is 2. The number of H-pyrrole nitrogens is 1. The SMILES string of the molecule is O=C(NCCN1CCCOC1=O)c1cccc(-c2ccc3nc[nH]c3c2)c1. The molecule has 4 rings (SSSR count). The molecule has 1 fully saturated rings. The number of aromatic amines is 1. The lowest BCUT2D eigenvalue weighted by atomic mass is 10.0. The summed E-state index contributed by atoms with van der Waals surface area (Å²) in [6, 6.07) is 13.4. The van der Waals surface area contributed by atoms with Crippen molar-refractivity contribution in [3.05, 3.63) is 54.4 Å². The molecule has 0 atom stereocenters. The number of carbonyl (C=O) groups excluding carboxylic acids is 2. The van der Waals surface area contributed by atoms with Gasteiger partial charge in [0, 0.05) is 25.2 Å². The molecule has 1 saturated heterocycles. The normalized spacial score (nSPS) is 14.2. The summed E-state index contributed by atoms with van der Waals surface area (Å²) in [5.74, 6) is -0.162. The molecule has 0 saturated carbocycles. The number of amides is 2. The zero-order chi connectivity index (χ0) is 18.6. The maximum atomic E-state index is 12.5. The fraction of sp³-hybridized carbons (Fsp3) is 0.250. The number of hydrogen-bond acceptors (Lipinski definition) is 4. The molecule has 2 amide bonds. The molecule has 0 unspecified atom stereocenters. The Hall–Kier alpha value is -3.35. The fourth-order valence-corrected chi connectivity index (χ4v) is 3.16. The number of carbonyl (C=O) groups is 2. The molecule has 2 N–H and O–H groups in total. The fourth-order valence-electron chi connectivity index (χ4n) is 3.16. The highest BCUT2D eigenvalue weighted by Gasteiger charge is 2.19. The molecule has 0 aliphatic carbocycles. The average Bonchev–Trinajstić information content (AvgIpc) is 3.17. The largest absolute Gasteiger partial charge is 0.449 e. The van der Waals surface area contributed by atoms with Crippen LogP contribution in [0.25, 0.3) is 22.2 Å². The van der Waals surface area contributed by atoms with Crippen molar-refractivity contribution in [2.45, 2.75) is 6.42 Å². The lowest BCUT2D eigenvalue weighted by Gasteiger charge is -2.26. The third-order valence-corrected chi connectivity index (χ3v) is 4.60. The van der Waals surface area contributed by atoms with Crippen LogP contribution in [0.2, 0.25) is 0 Å². The van der Waals surface area contributed by atoms with Gasteiger partial charge in [-0.3, -0.25) is 4.79 Å². The number of fused-ring (bicyclic) bond motifs is 1. The van der Waals surface area contributed by atoms with Crippen LogP contribution in [0.5, 0.6) is 0 Å². The van der Waals surface area contributed by atoms with E-state index in [-0.39, 0.29) is 12.0 Å². The zero-order valence-electron chi connectivity index (χ0n) is 14.8. The summed E-state index contributed by atoms with van der Waals surface area (Å²) in [6.45, 7) is 1.97. The molecule has 0 radical (unpaired) electrons. The second-order valence-corrected chi connectivity index (χ2v) is 6.43. The molecule has 2 aromatic carbocycles. The minimum atomic E-state index is -0.313. The Bertz CT molecular complexity index is 982. The highest BCUT2D eigenvalue weighted by Crippen LogP contribution is 2.23. The van der Waals surface area contributed by atoms with E-state index in [1.165, 1.54) is 0 Å². The molecule has 27 heavy (non-hydrogen) atoms. The van der Waals surface area contributed by atoms with Crippen LogP contribution in [0.1, 0.15) is 16.8 Å². The van der Waals surface area contributed by atoms with Crippen LogP contribution in [0, 0.1) is 0 Å². The Balaban J connectivity index is 1.42. The molecule has 0 bridgehead atoms. The van der Waals surface area contributed by atoms with Gasteiger partial charge in [0.15, 0.2) is 0 Å². The summed E-state index contributed by atoms with van der Waals surface area (Å²) in [6.07, 6.45) is 2.17. The van der Waals surface area contributed by atoms with Gasteiger partial charge in [0.05, 0.1) is 24.0 Å². The Morgan fingerprint density at radius 1 is 1.22 bits per heavy atom. The van der Waals surface area contributed by atoms with E-state index in [2.05, 4.69) is 15.3 Å². The maximum Gasteiger partial charge on any atom is 0.409 e. The van der Waals surface area contributed by atoms with E-state index in [0.717, 1.165) is 28.6 Å². The molecule has 1 aromatic heterocycles. The van der Waals surface area contributed by atoms with Gasteiger partial charge < -0.3 is 19.9 Å². The number of nitrogens with one attached hydrogen (secondary N) is 2. The third kappa shape index (κ3) is 3.76. The predicted octanol–water partition coefficient (Wildman–Crippen LogP) is 2.80. The molecular weight excluding hydrogens is 344 g/mol. The van der Waals surface area contributed by atoms with Gasteiger partial charge in [-0.15, -0.1) is 0 Å². The number of cyclic esters (lactones) is 1. The Kier molecular flexibility index (Phi) is 4.74. The predicted molar refractivity (Wildman–Crippen MR) is 101 cm³/mol. The summed E-state index contributed by atoms with van der Waals surface area (Å²) in [5.41, 5.74) is 4.41. The number of benzene rings is 2. The van der Waals surface area contributed by atoms with E-state index in [9.17, 15) is 9.59 Å². The van der Waals surface area contributed by atoms with Crippen molar-refractivity contribution < 1.29 is 14.3 Å². The summed E-state index contributed by atoms with van der Waals surface area (Å²) in [4.78, 5) is 33.0. The highest BCUT2D eigenvalue weighted by molar-refractivity contribution is 5.95. The van der Waals surface area contributed by atoms with Crippen LogP contribution >= 0.6 is 0 Å². The van der Waals surface area contributed by atoms with Gasteiger partial charge in [0.25, 0.3) is 5.91 Å². The molecule has 7 heteroatoms. The zero-order valence-corrected chi connectivity index (χ0v) is 14.8. The first-order valence-corrected chi connectivity index (χ1v) is 8.94. The number of ether oxygens (including phenoxy) is 1. The second-order valence-electron chi connectivity index (χ2n) is 6.43. The third-order valence-electron chi connectivity index (χ3n) is 4.60. The lowest BCUT2D eigenvalue weighted by Crippen LogP contribution is -2.42. The van der Waals surface area contributed by atoms with Crippen molar-refractivity contribution in [2.75, 3.05) is 26.2 Å². The van der Waals surface area contributed by atoms with Crippen molar-refractivity contribution in [3.63, 3.8) is 0 Å². The van der Waals surface area contributed by atoms with Crippen molar-refractivity contribution in [1.82, 2.24) is 20.2 Å². The number of imidazole rings is 1. The smallest absolute Gasteiger partial charge is 0.409 e. The highest BCUT2D eigenvalue weighted by atomic mass is 16.6. The van der Waals surface area contributed by atoms with Crippen molar-refractivity contribution in [1.29, 1.82) is 0 Å². The molecule has 1 aliphatic rings. The summed E-state index contributed by atoms with van der Waals surface area (Å²) >= 11 is 0. The van der Waals surface area contributed by atoms with E-state index in [0.29, 0.717) is 31.8 Å². The average molecular weight is 364 g/mol. The Morgan fingerprint density at radius 2 is 2.11 bits per heavy atom. The van der Waals surface area contributed by atoms with Gasteiger partial charge in [-0.1, -0.05) is 18.2 Å². The molecule has 1 aliphatic heterocycles. The summed E-state index contributed by atoms with van der Waals surface area (Å²) in [5, 5.41) is 2.87. The maximum absolute atomic E-state index is 12.5. The van der Waals surface area contributed by atoms with E-state index in [4.69, 9.17) is 4.74 Å². The topological polar surface area (TPSA) is 87.3 Å². The Morgan fingerprint density at radius 3 is 3.00 bits per heavy atom. The first-order chi connectivity index (χ1) is 13.2. The van der Waals surface area contributed by atoms with Gasteiger partial charge in [-0.25, -0.2) is 9.78 Å². The minimum Gasteiger partial charge on any atom is -0.449 e. The first-order valence-electron chi connectivity index (χ1n) is 8.94. The Labute approximate surface area is 156 Å². The molecule has 0 spiro atoms. The van der Waals surface area contributed by atoms with Crippen molar-refractivity contribution >= 4 is 23.0 Å². The van der Waals surface area contributed by atoms with Crippen LogP contribution in [-0.4, -0.2) is 53.1 Å². The lowest BCUT2D eigenvalue weighted by molar-refractivity contribution is 0.0719. The van der Waals surface area contributed by atoms with Gasteiger partial charge in [-0.2, -0.15) is 0 Å². The second kappa shape index (κ2) is 7.49. The van der Waals surface area contributed by atoms with Crippen molar-refractivity contribution in [3.8, 4) is 11.1 Å². The van der Waals surface area contributed by atoms with Crippen LogP contribution in [0.3, 0.4) is 0 Å². The van der Waals surface area contributed by atoms with Gasteiger partial charge >= 0.3 is 6.09 Å². The standard InChI is InChI=1S/C20H20N4O3/c25-19(21-7-9-24-8-2-10-27-20(24)26)16-4-1-3-14(11-16)15-5-6-17-18(12-15)23-13-22-17/h1,3-6,11-13H,2,7-10H2,(H,21,25)(H,22,23). The first kappa shape index (κ1) is 17.1. The quantitative estimate of drug-likeness (QED) is 0.729. The van der Waals surface area contributed by atoms with Gasteiger partial charge in [-0.05, 0) is 41.8 Å². The van der Waals surface area contributed by atoms with Gasteiger partial charge in [0.2, 0.25) is 0 Å². The van der Waals surface area contributed by atoms with Crippen LogP contribution in [-0.2, 0) is 4.74 Å². The minimum absolute atomic E-state index is 0.162.